The lowest BCUT2D eigenvalue weighted by atomic mass is 10.0. The van der Waals surface area contributed by atoms with Crippen LogP contribution in [0.3, 0.4) is 0 Å². The Balaban J connectivity index is 0.000000242. The second-order valence-corrected chi connectivity index (χ2v) is 6.52. The minimum absolute atomic E-state index is 0.627. The van der Waals surface area contributed by atoms with Crippen molar-refractivity contribution in [2.45, 2.75) is 26.7 Å². The standard InChI is InChI=1S/C13H18N4O.C8H13NO/c1-10-8-16-13-12(14-4-5-17(10)13)15-9-11-2-6-18-7-3-11;1-4-6-8(10-3)7(9)5-2/h4-5,8,11H,2-3,6-7,9H2,1H3,(H,14,15);4-6H,1,9H2,2-3H3/b;7-5+,8-6+. The summed E-state index contributed by atoms with van der Waals surface area (Å²) < 4.78 is 12.4. The molecule has 0 saturated carbocycles. The second kappa shape index (κ2) is 11.1. The number of fused-ring (bicyclic) bond motifs is 1. The van der Waals surface area contributed by atoms with Crippen LogP contribution in [0.2, 0.25) is 0 Å². The van der Waals surface area contributed by atoms with Crippen LogP contribution in [0, 0.1) is 12.8 Å². The number of nitrogens with zero attached hydrogens (tertiary/aromatic N) is 3. The molecule has 7 heteroatoms. The highest BCUT2D eigenvalue weighted by Crippen LogP contribution is 2.18. The van der Waals surface area contributed by atoms with E-state index in [1.165, 1.54) is 0 Å². The Bertz CT molecular complexity index is 819. The summed E-state index contributed by atoms with van der Waals surface area (Å²) in [6, 6.07) is 0. The van der Waals surface area contributed by atoms with Gasteiger partial charge in [-0.1, -0.05) is 18.7 Å². The molecule has 1 aliphatic heterocycles. The molecule has 2 aromatic rings. The summed E-state index contributed by atoms with van der Waals surface area (Å²) in [5, 5.41) is 3.42. The number of imidazole rings is 1. The van der Waals surface area contributed by atoms with E-state index < -0.39 is 0 Å². The van der Waals surface area contributed by atoms with Crippen LogP contribution in [-0.2, 0) is 9.47 Å². The summed E-state index contributed by atoms with van der Waals surface area (Å²) in [6.07, 6.45) is 13.0. The van der Waals surface area contributed by atoms with Gasteiger partial charge in [0.1, 0.15) is 5.76 Å². The van der Waals surface area contributed by atoms with Crippen molar-refractivity contribution in [2.24, 2.45) is 11.7 Å². The van der Waals surface area contributed by atoms with Gasteiger partial charge in [0.05, 0.1) is 12.8 Å². The topological polar surface area (TPSA) is 86.7 Å². The smallest absolute Gasteiger partial charge is 0.180 e. The van der Waals surface area contributed by atoms with Gasteiger partial charge in [-0.2, -0.15) is 0 Å². The molecule has 0 unspecified atom stereocenters. The summed E-state index contributed by atoms with van der Waals surface area (Å²) in [5.41, 5.74) is 8.19. The van der Waals surface area contributed by atoms with Crippen LogP contribution in [0.15, 0.2) is 54.9 Å². The van der Waals surface area contributed by atoms with Crippen LogP contribution < -0.4 is 11.1 Å². The normalized spacial score (nSPS) is 15.7. The number of ether oxygens (including phenoxy) is 2. The summed E-state index contributed by atoms with van der Waals surface area (Å²) in [5.74, 6) is 2.20. The molecule has 0 spiro atoms. The Morgan fingerprint density at radius 2 is 2.18 bits per heavy atom. The number of allylic oxidation sites excluding steroid dienone is 3. The molecule has 0 bridgehead atoms. The molecule has 7 nitrogen and oxygen atoms in total. The van der Waals surface area contributed by atoms with Crippen molar-refractivity contribution >= 4 is 11.5 Å². The minimum Gasteiger partial charge on any atom is -0.495 e. The van der Waals surface area contributed by atoms with Crippen molar-refractivity contribution in [1.29, 1.82) is 0 Å². The lowest BCUT2D eigenvalue weighted by Crippen LogP contribution is -2.23. The van der Waals surface area contributed by atoms with Gasteiger partial charge in [-0.3, -0.25) is 4.40 Å². The van der Waals surface area contributed by atoms with Gasteiger partial charge in [0.2, 0.25) is 0 Å². The highest BCUT2D eigenvalue weighted by atomic mass is 16.5. The number of nitrogens with two attached hydrogens (primary N) is 1. The molecular weight excluding hydrogens is 354 g/mol. The van der Waals surface area contributed by atoms with Gasteiger partial charge in [0.25, 0.3) is 0 Å². The van der Waals surface area contributed by atoms with Crippen LogP contribution in [0.25, 0.3) is 5.65 Å². The van der Waals surface area contributed by atoms with Crippen molar-refractivity contribution < 1.29 is 9.47 Å². The fourth-order valence-corrected chi connectivity index (χ4v) is 2.89. The van der Waals surface area contributed by atoms with Crippen LogP contribution >= 0.6 is 0 Å². The highest BCUT2D eigenvalue weighted by molar-refractivity contribution is 5.62. The first-order valence-electron chi connectivity index (χ1n) is 9.49. The molecule has 3 rings (SSSR count). The zero-order valence-electron chi connectivity index (χ0n) is 17.0. The van der Waals surface area contributed by atoms with Gasteiger partial charge in [-0.25, -0.2) is 9.97 Å². The lowest BCUT2D eigenvalue weighted by Gasteiger charge is -2.22. The van der Waals surface area contributed by atoms with Crippen LogP contribution in [0.5, 0.6) is 0 Å². The third-order valence-corrected chi connectivity index (χ3v) is 4.60. The third-order valence-electron chi connectivity index (χ3n) is 4.60. The van der Waals surface area contributed by atoms with Crippen molar-refractivity contribution in [3.8, 4) is 0 Å². The molecule has 0 atom stereocenters. The summed E-state index contributed by atoms with van der Waals surface area (Å²) in [7, 11) is 1.58. The van der Waals surface area contributed by atoms with Crippen LogP contribution in [0.1, 0.15) is 25.5 Å². The van der Waals surface area contributed by atoms with Crippen LogP contribution in [-0.4, -0.2) is 41.2 Å². The molecule has 28 heavy (non-hydrogen) atoms. The molecule has 0 aromatic carbocycles. The Morgan fingerprint density at radius 3 is 2.82 bits per heavy atom. The van der Waals surface area contributed by atoms with Gasteiger partial charge in [-0.15, -0.1) is 0 Å². The third kappa shape index (κ3) is 5.85. The van der Waals surface area contributed by atoms with Crippen molar-refractivity contribution in [1.82, 2.24) is 14.4 Å². The number of rotatable bonds is 6. The molecule has 1 saturated heterocycles. The second-order valence-electron chi connectivity index (χ2n) is 6.52. The van der Waals surface area contributed by atoms with Crippen LogP contribution in [0.4, 0.5) is 5.82 Å². The number of aromatic nitrogens is 3. The molecule has 0 amide bonds. The molecule has 3 N–H and O–H groups in total. The van der Waals surface area contributed by atoms with Gasteiger partial charge >= 0.3 is 0 Å². The molecule has 2 aromatic heterocycles. The number of hydrogen-bond acceptors (Lipinski definition) is 6. The largest absolute Gasteiger partial charge is 0.495 e. The maximum Gasteiger partial charge on any atom is 0.180 e. The Hall–Kier alpha value is -2.80. The Morgan fingerprint density at radius 1 is 1.43 bits per heavy atom. The molecule has 152 valence electrons. The fourth-order valence-electron chi connectivity index (χ4n) is 2.89. The van der Waals surface area contributed by atoms with E-state index in [1.807, 2.05) is 32.4 Å². The Kier molecular flexibility index (Phi) is 8.55. The van der Waals surface area contributed by atoms with E-state index in [0.717, 1.165) is 49.8 Å². The zero-order valence-corrected chi connectivity index (χ0v) is 17.0. The fraction of sp³-hybridized carbons (Fsp3) is 0.429. The van der Waals surface area contributed by atoms with Gasteiger partial charge in [0.15, 0.2) is 11.5 Å². The van der Waals surface area contributed by atoms with E-state index in [4.69, 9.17) is 15.2 Å². The predicted octanol–water partition coefficient (Wildman–Crippen LogP) is 3.44. The van der Waals surface area contributed by atoms with E-state index >= 15 is 0 Å². The maximum atomic E-state index is 5.53. The first-order chi connectivity index (χ1) is 13.6. The summed E-state index contributed by atoms with van der Waals surface area (Å²) in [4.78, 5) is 8.77. The first kappa shape index (κ1) is 21.5. The molecule has 3 heterocycles. The van der Waals surface area contributed by atoms with E-state index in [9.17, 15) is 0 Å². The van der Waals surface area contributed by atoms with Gasteiger partial charge in [-0.05, 0) is 38.7 Å². The van der Waals surface area contributed by atoms with Crippen molar-refractivity contribution in [3.05, 3.63) is 60.5 Å². The highest BCUT2D eigenvalue weighted by Gasteiger charge is 2.14. The minimum atomic E-state index is 0.627. The monoisotopic (exact) mass is 385 g/mol. The lowest BCUT2D eigenvalue weighted by molar-refractivity contribution is 0.0699. The van der Waals surface area contributed by atoms with Gasteiger partial charge in [0, 0.05) is 44.0 Å². The quantitative estimate of drug-likeness (QED) is 0.585. The molecule has 0 aliphatic carbocycles. The predicted molar refractivity (Wildman–Crippen MR) is 113 cm³/mol. The number of methoxy groups -OCH3 is 1. The number of aryl methyl sites for hydroxylation is 1. The number of hydrogen-bond donors (Lipinski definition) is 2. The molecule has 1 aliphatic rings. The summed E-state index contributed by atoms with van der Waals surface area (Å²) >= 11 is 0. The number of anilines is 1. The zero-order chi connectivity index (χ0) is 20.4. The molecular formula is C21H31N5O2. The van der Waals surface area contributed by atoms with E-state index in [2.05, 4.69) is 26.3 Å². The maximum absolute atomic E-state index is 5.53. The Labute approximate surface area is 167 Å². The first-order valence-corrected chi connectivity index (χ1v) is 9.49. The summed E-state index contributed by atoms with van der Waals surface area (Å²) in [6.45, 7) is 10.1. The number of nitrogens with one attached hydrogen (secondary N) is 1. The molecule has 0 radical (unpaired) electrons. The van der Waals surface area contributed by atoms with E-state index in [-0.39, 0.29) is 0 Å². The van der Waals surface area contributed by atoms with Crippen molar-refractivity contribution in [3.63, 3.8) is 0 Å². The van der Waals surface area contributed by atoms with Gasteiger partial charge < -0.3 is 20.5 Å². The molecule has 1 fully saturated rings. The van der Waals surface area contributed by atoms with E-state index in [1.54, 1.807) is 25.3 Å². The SMILES string of the molecule is C=C/C=C(OC)\C(N)=C/C.Cc1cnc2c(NCC3CCOCC3)nccn12. The average molecular weight is 386 g/mol. The van der Waals surface area contributed by atoms with Crippen molar-refractivity contribution in [2.75, 3.05) is 32.2 Å². The van der Waals surface area contributed by atoms with E-state index in [0.29, 0.717) is 17.4 Å². The average Bonchev–Trinajstić information content (AvgIpc) is 3.12.